The monoisotopic (exact) mass is 301 g/mol. The summed E-state index contributed by atoms with van der Waals surface area (Å²) in [4.78, 5) is 4.16. The lowest BCUT2D eigenvalue weighted by Crippen LogP contribution is -2.01. The van der Waals surface area contributed by atoms with E-state index in [2.05, 4.69) is 10.3 Å². The first kappa shape index (κ1) is 13.3. The Morgan fingerprint density at radius 2 is 1.78 bits per heavy atom. The number of hydrogen-bond acceptors (Lipinski definition) is 3. The van der Waals surface area contributed by atoms with Crippen LogP contribution in [0.3, 0.4) is 0 Å². The minimum atomic E-state index is 0.400. The highest BCUT2D eigenvalue weighted by atomic mass is 35.5. The molecule has 0 aliphatic rings. The van der Waals surface area contributed by atoms with Gasteiger partial charge in [-0.3, -0.25) is 0 Å². The summed E-state index contributed by atoms with van der Waals surface area (Å²) in [7, 11) is 0. The highest BCUT2D eigenvalue weighted by molar-refractivity contribution is 6.44. The number of nitrogen functional groups attached to an aromatic ring is 1. The van der Waals surface area contributed by atoms with Gasteiger partial charge in [0, 0.05) is 6.20 Å². The predicted octanol–water partition coefficient (Wildman–Crippen LogP) is 4.68. The molecular weight excluding hydrogens is 293 g/mol. The van der Waals surface area contributed by atoms with Crippen molar-refractivity contribution >= 4 is 52.0 Å². The zero-order valence-electron chi connectivity index (χ0n) is 9.47. The van der Waals surface area contributed by atoms with Crippen molar-refractivity contribution in [1.29, 1.82) is 0 Å². The van der Waals surface area contributed by atoms with E-state index in [0.29, 0.717) is 32.3 Å². The summed E-state index contributed by atoms with van der Waals surface area (Å²) in [6.07, 6.45) is 1.67. The van der Waals surface area contributed by atoms with E-state index in [9.17, 15) is 0 Å². The second-order valence-electron chi connectivity index (χ2n) is 3.76. The quantitative estimate of drug-likeness (QED) is 0.792. The summed E-state index contributed by atoms with van der Waals surface area (Å²) in [5, 5.41) is 4.30. The van der Waals surface area contributed by atoms with E-state index in [1.807, 2.05) is 13.0 Å². The number of nitrogens with two attached hydrogens (primary N) is 1. The number of nitrogens with one attached hydrogen (secondary N) is 1. The van der Waals surface area contributed by atoms with Crippen molar-refractivity contribution in [3.63, 3.8) is 0 Å². The highest BCUT2D eigenvalue weighted by Gasteiger charge is 2.09. The molecule has 0 atom stereocenters. The van der Waals surface area contributed by atoms with Crippen LogP contribution in [-0.2, 0) is 0 Å². The Balaban J connectivity index is 2.40. The van der Waals surface area contributed by atoms with Gasteiger partial charge in [-0.2, -0.15) is 0 Å². The topological polar surface area (TPSA) is 50.9 Å². The van der Waals surface area contributed by atoms with Crippen LogP contribution in [0.1, 0.15) is 5.56 Å². The molecule has 1 heterocycles. The van der Waals surface area contributed by atoms with E-state index in [-0.39, 0.29) is 0 Å². The first-order valence-electron chi connectivity index (χ1n) is 5.11. The van der Waals surface area contributed by atoms with Crippen molar-refractivity contribution in [2.24, 2.45) is 0 Å². The average molecular weight is 303 g/mol. The van der Waals surface area contributed by atoms with Crippen molar-refractivity contribution in [1.82, 2.24) is 4.98 Å². The molecule has 2 rings (SSSR count). The van der Waals surface area contributed by atoms with Crippen molar-refractivity contribution in [2.75, 3.05) is 11.1 Å². The maximum Gasteiger partial charge on any atom is 0.153 e. The van der Waals surface area contributed by atoms with Gasteiger partial charge in [-0.15, -0.1) is 0 Å². The van der Waals surface area contributed by atoms with Crippen LogP contribution in [0.15, 0.2) is 24.4 Å². The van der Waals surface area contributed by atoms with Gasteiger partial charge in [0.15, 0.2) is 5.82 Å². The average Bonchev–Trinajstić information content (AvgIpc) is 2.32. The van der Waals surface area contributed by atoms with Gasteiger partial charge in [-0.1, -0.05) is 34.8 Å². The molecule has 0 radical (unpaired) electrons. The number of aromatic nitrogens is 1. The van der Waals surface area contributed by atoms with Gasteiger partial charge in [0.1, 0.15) is 0 Å². The Morgan fingerprint density at radius 1 is 1.11 bits per heavy atom. The smallest absolute Gasteiger partial charge is 0.153 e. The van der Waals surface area contributed by atoms with Crippen LogP contribution in [0, 0.1) is 6.92 Å². The summed E-state index contributed by atoms with van der Waals surface area (Å²) >= 11 is 17.9. The zero-order chi connectivity index (χ0) is 13.3. The number of anilines is 3. The third-order valence-corrected chi connectivity index (χ3v) is 3.51. The standard InChI is InChI=1S/C12H10Cl3N3/c1-6-2-3-17-12(11(6)16)18-10-5-8(14)7(13)4-9(10)15/h2-5H,16H2,1H3,(H,17,18). The molecule has 1 aromatic heterocycles. The summed E-state index contributed by atoms with van der Waals surface area (Å²) in [5.41, 5.74) is 8.03. The van der Waals surface area contributed by atoms with Crippen molar-refractivity contribution < 1.29 is 0 Å². The second-order valence-corrected chi connectivity index (χ2v) is 4.98. The van der Waals surface area contributed by atoms with Crippen LogP contribution >= 0.6 is 34.8 Å². The Morgan fingerprint density at radius 3 is 2.50 bits per heavy atom. The lowest BCUT2D eigenvalue weighted by atomic mass is 10.2. The van der Waals surface area contributed by atoms with Crippen molar-refractivity contribution in [2.45, 2.75) is 6.92 Å². The zero-order valence-corrected chi connectivity index (χ0v) is 11.7. The van der Waals surface area contributed by atoms with Crippen LogP contribution in [0.5, 0.6) is 0 Å². The van der Waals surface area contributed by atoms with Crippen LogP contribution in [-0.4, -0.2) is 4.98 Å². The molecule has 0 saturated heterocycles. The number of benzene rings is 1. The highest BCUT2D eigenvalue weighted by Crippen LogP contribution is 2.34. The van der Waals surface area contributed by atoms with Gasteiger partial charge in [0.05, 0.1) is 26.4 Å². The minimum absolute atomic E-state index is 0.400. The number of hydrogen-bond donors (Lipinski definition) is 2. The molecule has 0 amide bonds. The molecule has 0 aliphatic heterocycles. The maximum atomic E-state index is 6.07. The van der Waals surface area contributed by atoms with Crippen LogP contribution < -0.4 is 11.1 Å². The van der Waals surface area contributed by atoms with Crippen LogP contribution in [0.4, 0.5) is 17.2 Å². The van der Waals surface area contributed by atoms with E-state index < -0.39 is 0 Å². The molecule has 0 unspecified atom stereocenters. The number of pyridine rings is 1. The molecule has 3 nitrogen and oxygen atoms in total. The van der Waals surface area contributed by atoms with E-state index >= 15 is 0 Å². The number of rotatable bonds is 2. The third kappa shape index (κ3) is 2.64. The second kappa shape index (κ2) is 5.22. The van der Waals surface area contributed by atoms with Gasteiger partial charge in [-0.25, -0.2) is 4.98 Å². The Labute approximate surface area is 120 Å². The third-order valence-electron chi connectivity index (χ3n) is 2.47. The molecule has 0 saturated carbocycles. The molecule has 6 heteroatoms. The number of halogens is 3. The van der Waals surface area contributed by atoms with E-state index in [1.165, 1.54) is 0 Å². The fourth-order valence-electron chi connectivity index (χ4n) is 1.42. The van der Waals surface area contributed by atoms with Gasteiger partial charge in [-0.05, 0) is 30.7 Å². The normalized spacial score (nSPS) is 10.4. The van der Waals surface area contributed by atoms with Gasteiger partial charge < -0.3 is 11.1 Å². The Bertz CT molecular complexity index is 599. The molecule has 0 aliphatic carbocycles. The fraction of sp³-hybridized carbons (Fsp3) is 0.0833. The van der Waals surface area contributed by atoms with Gasteiger partial charge in [0.2, 0.25) is 0 Å². The van der Waals surface area contributed by atoms with Crippen LogP contribution in [0.2, 0.25) is 15.1 Å². The lowest BCUT2D eigenvalue weighted by molar-refractivity contribution is 1.28. The summed E-state index contributed by atoms with van der Waals surface area (Å²) in [6.45, 7) is 1.90. The lowest BCUT2D eigenvalue weighted by Gasteiger charge is -2.12. The number of nitrogens with zero attached hydrogens (tertiary/aromatic N) is 1. The van der Waals surface area contributed by atoms with Gasteiger partial charge in [0.25, 0.3) is 0 Å². The molecular formula is C12H10Cl3N3. The Hall–Kier alpha value is -1.16. The fourth-order valence-corrected chi connectivity index (χ4v) is 2.01. The molecule has 1 aromatic carbocycles. The van der Waals surface area contributed by atoms with Crippen molar-refractivity contribution in [3.8, 4) is 0 Å². The molecule has 94 valence electrons. The first-order chi connectivity index (χ1) is 8.49. The van der Waals surface area contributed by atoms with E-state index in [1.54, 1.807) is 18.3 Å². The molecule has 3 N–H and O–H groups in total. The predicted molar refractivity (Wildman–Crippen MR) is 78.1 cm³/mol. The van der Waals surface area contributed by atoms with E-state index in [4.69, 9.17) is 40.5 Å². The first-order valence-corrected chi connectivity index (χ1v) is 6.25. The summed E-state index contributed by atoms with van der Waals surface area (Å²) < 4.78 is 0. The molecule has 18 heavy (non-hydrogen) atoms. The molecule has 0 bridgehead atoms. The van der Waals surface area contributed by atoms with Crippen LogP contribution in [0.25, 0.3) is 0 Å². The summed E-state index contributed by atoms with van der Waals surface area (Å²) in [6, 6.07) is 5.03. The maximum absolute atomic E-state index is 6.07. The summed E-state index contributed by atoms with van der Waals surface area (Å²) in [5.74, 6) is 0.537. The Kier molecular flexibility index (Phi) is 3.85. The molecule has 0 spiro atoms. The SMILES string of the molecule is Cc1ccnc(Nc2cc(Cl)c(Cl)cc2Cl)c1N. The minimum Gasteiger partial charge on any atom is -0.396 e. The number of aryl methyl sites for hydroxylation is 1. The van der Waals surface area contributed by atoms with Gasteiger partial charge >= 0.3 is 0 Å². The molecule has 2 aromatic rings. The largest absolute Gasteiger partial charge is 0.396 e. The van der Waals surface area contributed by atoms with Crippen molar-refractivity contribution in [3.05, 3.63) is 45.0 Å². The van der Waals surface area contributed by atoms with E-state index in [0.717, 1.165) is 5.56 Å². The molecule has 0 fully saturated rings.